The molecule has 0 fully saturated rings. The monoisotopic (exact) mass is 565 g/mol. The summed E-state index contributed by atoms with van der Waals surface area (Å²) < 4.78 is 19.5. The molecule has 0 aromatic heterocycles. The number of rotatable bonds is 16. The summed E-state index contributed by atoms with van der Waals surface area (Å²) in [5.41, 5.74) is -9.26. The van der Waals surface area contributed by atoms with Gasteiger partial charge in [-0.05, 0) is 19.6 Å². The molecule has 24 heteroatoms. The van der Waals surface area contributed by atoms with Crippen molar-refractivity contribution < 1.29 is 43.1 Å². The third-order valence-electron chi connectivity index (χ3n) is 4.29. The Morgan fingerprint density at radius 3 is 0.917 bits per heavy atom. The number of nitro groups is 6. The first-order valence-corrected chi connectivity index (χ1v) is 14.4. The zero-order valence-electron chi connectivity index (χ0n) is 19.8. The summed E-state index contributed by atoms with van der Waals surface area (Å²) in [4.78, 5) is 59.5. The summed E-state index contributed by atoms with van der Waals surface area (Å²) >= 11 is 0. The standard InChI is InChI=1S/C12H24N7O15PSi/c1-10(14(20)21,15(22)23)7-32-35(13-36(4,5)6,33-8-11(2,16(24)25)17(26)27)34-9-12(3,18(28)29)19(30)31/h7-9H2,1-6H3. The fourth-order valence-electron chi connectivity index (χ4n) is 1.69. The van der Waals surface area contributed by atoms with Crippen LogP contribution < -0.4 is 0 Å². The van der Waals surface area contributed by atoms with Gasteiger partial charge in [0, 0.05) is 0 Å². The van der Waals surface area contributed by atoms with Gasteiger partial charge in [0.05, 0.1) is 20.8 Å². The van der Waals surface area contributed by atoms with Crippen LogP contribution in [0.15, 0.2) is 4.41 Å². The van der Waals surface area contributed by atoms with Gasteiger partial charge < -0.3 is 0 Å². The van der Waals surface area contributed by atoms with Crippen LogP contribution in [-0.4, -0.2) is 74.6 Å². The van der Waals surface area contributed by atoms with Crippen LogP contribution in [0, 0.1) is 60.7 Å². The lowest BCUT2D eigenvalue weighted by Gasteiger charge is -2.28. The maximum absolute atomic E-state index is 11.3. The maximum Gasteiger partial charge on any atom is 0.478 e. The molecule has 0 unspecified atom stereocenters. The molecule has 0 bridgehead atoms. The lowest BCUT2D eigenvalue weighted by molar-refractivity contribution is -0.794. The Hall–Kier alpha value is -3.27. The van der Waals surface area contributed by atoms with Crippen molar-refractivity contribution in [2.24, 2.45) is 4.41 Å². The van der Waals surface area contributed by atoms with E-state index in [1.165, 1.54) is 19.6 Å². The van der Waals surface area contributed by atoms with Crippen LogP contribution in [0.2, 0.25) is 19.6 Å². The average molecular weight is 565 g/mol. The first-order valence-electron chi connectivity index (χ1n) is 9.43. The molecule has 0 aromatic rings. The molecule has 0 aliphatic rings. The van der Waals surface area contributed by atoms with E-state index in [9.17, 15) is 60.7 Å². The quantitative estimate of drug-likeness (QED) is 0.0843. The molecule has 0 rings (SSSR count). The third kappa shape index (κ3) is 7.61. The van der Waals surface area contributed by atoms with Gasteiger partial charge in [-0.1, -0.05) is 0 Å². The molecule has 0 aliphatic carbocycles. The van der Waals surface area contributed by atoms with Gasteiger partial charge in [0.2, 0.25) is 0 Å². The zero-order chi connectivity index (χ0) is 28.9. The highest BCUT2D eigenvalue weighted by Crippen LogP contribution is 2.56. The van der Waals surface area contributed by atoms with Crippen LogP contribution in [0.25, 0.3) is 0 Å². The van der Waals surface area contributed by atoms with E-state index >= 15 is 0 Å². The van der Waals surface area contributed by atoms with E-state index < -0.39 is 82.3 Å². The van der Waals surface area contributed by atoms with Crippen molar-refractivity contribution in [3.05, 3.63) is 60.7 Å². The molecule has 0 heterocycles. The lowest BCUT2D eigenvalue weighted by atomic mass is 10.2. The summed E-state index contributed by atoms with van der Waals surface area (Å²) in [6.07, 6.45) is 0. The predicted octanol–water partition coefficient (Wildman–Crippen LogP) is 1.63. The zero-order valence-corrected chi connectivity index (χ0v) is 21.7. The lowest BCUT2D eigenvalue weighted by Crippen LogP contribution is -2.49. The normalized spacial score (nSPS) is 13.1. The van der Waals surface area contributed by atoms with Crippen LogP contribution in [0.5, 0.6) is 0 Å². The Bertz CT molecular complexity index is 846. The van der Waals surface area contributed by atoms with Gasteiger partial charge in [-0.2, -0.15) is 0 Å². The molecule has 206 valence electrons. The van der Waals surface area contributed by atoms with Crippen molar-refractivity contribution in [1.29, 1.82) is 0 Å². The molecule has 0 radical (unpaired) electrons. The van der Waals surface area contributed by atoms with Gasteiger partial charge >= 0.3 is 24.7 Å². The van der Waals surface area contributed by atoms with Crippen molar-refractivity contribution in [2.45, 2.75) is 57.4 Å². The van der Waals surface area contributed by atoms with Crippen LogP contribution in [0.3, 0.4) is 0 Å². The predicted molar refractivity (Wildman–Crippen MR) is 118 cm³/mol. The van der Waals surface area contributed by atoms with Crippen LogP contribution in [0.4, 0.5) is 0 Å². The summed E-state index contributed by atoms with van der Waals surface area (Å²) in [5.74, 6) is 0. The van der Waals surface area contributed by atoms with Gasteiger partial charge in [0.1, 0.15) is 29.5 Å². The van der Waals surface area contributed by atoms with Gasteiger partial charge in [-0.15, -0.1) is 0 Å². The minimum Gasteiger partial charge on any atom is -0.288 e. The SMILES string of the molecule is CC(COP(=N[Si](C)(C)C)(OCC(C)([N+](=O)[O-])[N+](=O)[O-])OCC(C)([N+](=O)[O-])[N+](=O)[O-])([N+](=O)[O-])[N+](=O)[O-]. The highest BCUT2D eigenvalue weighted by molar-refractivity contribution is 7.52. The molecule has 36 heavy (non-hydrogen) atoms. The van der Waals surface area contributed by atoms with Crippen LogP contribution >= 0.6 is 7.74 Å². The van der Waals surface area contributed by atoms with Crippen LogP contribution in [-0.2, 0) is 13.6 Å². The number of nitrogens with zero attached hydrogens (tertiary/aromatic N) is 7. The van der Waals surface area contributed by atoms with E-state index in [1.54, 1.807) is 0 Å². The Labute approximate surface area is 202 Å². The molecule has 0 N–H and O–H groups in total. The van der Waals surface area contributed by atoms with Crippen molar-refractivity contribution >= 4 is 16.0 Å². The Morgan fingerprint density at radius 2 is 0.778 bits per heavy atom. The highest BCUT2D eigenvalue weighted by Gasteiger charge is 2.57. The molecule has 0 saturated heterocycles. The molecule has 0 atom stereocenters. The van der Waals surface area contributed by atoms with Gasteiger partial charge in [0.15, 0.2) is 28.1 Å². The van der Waals surface area contributed by atoms with Gasteiger partial charge in [-0.3, -0.25) is 78.7 Å². The fraction of sp³-hybridized carbons (Fsp3) is 1.00. The highest BCUT2D eigenvalue weighted by atomic mass is 31.2. The minimum atomic E-state index is -4.79. The van der Waals surface area contributed by atoms with E-state index in [1.807, 2.05) is 0 Å². The smallest absolute Gasteiger partial charge is 0.288 e. The molecule has 0 amide bonds. The molecule has 0 aromatic carbocycles. The van der Waals surface area contributed by atoms with Crippen molar-refractivity contribution in [1.82, 2.24) is 0 Å². The minimum absolute atomic E-state index is 0.506. The maximum atomic E-state index is 11.3. The van der Waals surface area contributed by atoms with Crippen molar-refractivity contribution in [3.63, 3.8) is 0 Å². The molecular weight excluding hydrogens is 541 g/mol. The first kappa shape index (κ1) is 32.7. The molecule has 0 saturated carbocycles. The van der Waals surface area contributed by atoms with Crippen molar-refractivity contribution in [2.75, 3.05) is 19.8 Å². The molecule has 0 aliphatic heterocycles. The fourth-order valence-corrected chi connectivity index (χ4v) is 6.77. The van der Waals surface area contributed by atoms with E-state index in [-0.39, 0.29) is 0 Å². The van der Waals surface area contributed by atoms with E-state index in [0.29, 0.717) is 20.8 Å². The second-order valence-corrected chi connectivity index (χ2v) is 15.6. The first-order chi connectivity index (χ1) is 16.0. The molecule has 0 spiro atoms. The molecular formula is C12H24N7O15PSi. The summed E-state index contributed by atoms with van der Waals surface area (Å²) in [6, 6.07) is 0. The Kier molecular flexibility index (Phi) is 10.2. The average Bonchev–Trinajstić information content (AvgIpc) is 2.71. The summed E-state index contributed by atoms with van der Waals surface area (Å²) in [6.45, 7) is 1.42. The molecule has 22 nitrogen and oxygen atoms in total. The van der Waals surface area contributed by atoms with Gasteiger partial charge in [-0.25, -0.2) is 0 Å². The second kappa shape index (κ2) is 11.2. The second-order valence-electron chi connectivity index (χ2n) is 8.75. The summed E-state index contributed by atoms with van der Waals surface area (Å²) in [5, 5.41) is 67.8. The summed E-state index contributed by atoms with van der Waals surface area (Å²) in [7, 11) is -7.75. The van der Waals surface area contributed by atoms with Crippen LogP contribution in [0.1, 0.15) is 20.8 Å². The van der Waals surface area contributed by atoms with Gasteiger partial charge in [0.25, 0.3) is 0 Å². The largest absolute Gasteiger partial charge is 0.478 e. The number of hydrogen-bond donors (Lipinski definition) is 0. The number of hydrogen-bond acceptors (Lipinski definition) is 16. The van der Waals surface area contributed by atoms with E-state index in [2.05, 4.69) is 4.41 Å². The topological polar surface area (TPSA) is 299 Å². The Balaban J connectivity index is 6.89. The third-order valence-corrected chi connectivity index (χ3v) is 9.03. The van der Waals surface area contributed by atoms with Crippen molar-refractivity contribution in [3.8, 4) is 0 Å². The Morgan fingerprint density at radius 1 is 0.583 bits per heavy atom. The van der Waals surface area contributed by atoms with E-state index in [4.69, 9.17) is 13.6 Å². The van der Waals surface area contributed by atoms with E-state index in [0.717, 1.165) is 0 Å².